The minimum absolute atomic E-state index is 0.0212. The molecule has 1 heterocycles. The number of hydrogen-bond donors (Lipinski definition) is 2. The van der Waals surface area contributed by atoms with Crippen LogP contribution in [0.15, 0.2) is 23.1 Å². The molecule has 1 aliphatic rings. The van der Waals surface area contributed by atoms with E-state index in [-0.39, 0.29) is 22.4 Å². The maximum Gasteiger partial charge on any atom is 0.241 e. The van der Waals surface area contributed by atoms with E-state index in [9.17, 15) is 22.4 Å². The molecule has 0 saturated carbocycles. The quantitative estimate of drug-likeness (QED) is 0.784. The maximum atomic E-state index is 13.2. The van der Waals surface area contributed by atoms with Gasteiger partial charge in [0.2, 0.25) is 21.8 Å². The summed E-state index contributed by atoms with van der Waals surface area (Å²) in [6, 6.07) is 3.22. The predicted molar refractivity (Wildman–Crippen MR) is 85.1 cm³/mol. The van der Waals surface area contributed by atoms with E-state index in [0.717, 1.165) is 12.1 Å². The molecule has 7 nitrogen and oxygen atoms in total. The van der Waals surface area contributed by atoms with Crippen molar-refractivity contribution < 1.29 is 22.4 Å². The third-order valence-corrected chi connectivity index (χ3v) is 5.25. The molecule has 0 aliphatic carbocycles. The van der Waals surface area contributed by atoms with Crippen molar-refractivity contribution in [2.24, 2.45) is 0 Å². The van der Waals surface area contributed by atoms with E-state index in [1.54, 1.807) is 7.05 Å². The van der Waals surface area contributed by atoms with Crippen molar-refractivity contribution in [1.29, 1.82) is 0 Å². The lowest BCUT2D eigenvalue weighted by molar-refractivity contribution is -0.133. The second-order valence-corrected chi connectivity index (χ2v) is 7.58. The van der Waals surface area contributed by atoms with Gasteiger partial charge < -0.3 is 10.2 Å². The van der Waals surface area contributed by atoms with E-state index in [4.69, 9.17) is 0 Å². The van der Waals surface area contributed by atoms with Crippen LogP contribution in [0.4, 0.5) is 4.39 Å². The number of amides is 2. The van der Waals surface area contributed by atoms with Gasteiger partial charge in [-0.2, -0.15) is 0 Å². The van der Waals surface area contributed by atoms with E-state index in [1.807, 2.05) is 0 Å². The van der Waals surface area contributed by atoms with Crippen molar-refractivity contribution in [3.05, 3.63) is 29.6 Å². The molecular weight excluding hydrogens is 337 g/mol. The second kappa shape index (κ2) is 7.27. The van der Waals surface area contributed by atoms with Crippen LogP contribution in [0, 0.1) is 12.7 Å². The zero-order valence-electron chi connectivity index (χ0n) is 13.5. The highest BCUT2D eigenvalue weighted by molar-refractivity contribution is 7.89. The summed E-state index contributed by atoms with van der Waals surface area (Å²) in [5, 5.41) is 2.69. The van der Waals surface area contributed by atoms with Crippen molar-refractivity contribution >= 4 is 21.8 Å². The first kappa shape index (κ1) is 18.3. The molecule has 0 unspecified atom stereocenters. The van der Waals surface area contributed by atoms with E-state index in [2.05, 4.69) is 10.0 Å². The average molecular weight is 357 g/mol. The van der Waals surface area contributed by atoms with Crippen LogP contribution in [-0.4, -0.2) is 51.3 Å². The van der Waals surface area contributed by atoms with Gasteiger partial charge >= 0.3 is 0 Å². The summed E-state index contributed by atoms with van der Waals surface area (Å²) in [7, 11) is -2.24. The van der Waals surface area contributed by atoms with Crippen LogP contribution >= 0.6 is 0 Å². The number of nitrogens with one attached hydrogen (secondary N) is 2. The number of benzene rings is 1. The van der Waals surface area contributed by atoms with Crippen molar-refractivity contribution in [1.82, 2.24) is 14.9 Å². The van der Waals surface area contributed by atoms with Crippen molar-refractivity contribution in [2.45, 2.75) is 30.7 Å². The molecule has 1 saturated heterocycles. The Morgan fingerprint density at radius 1 is 1.42 bits per heavy atom. The first-order valence-corrected chi connectivity index (χ1v) is 8.96. The summed E-state index contributed by atoms with van der Waals surface area (Å²) in [4.78, 5) is 24.7. The van der Waals surface area contributed by atoms with Crippen LogP contribution in [0.2, 0.25) is 0 Å². The standard InChI is InChI=1S/C15H20FN3O4S/c1-10-7-12(4-5-13(10)16)24(22,23)17-8-14(20)18-11-3-6-15(21)19(2)9-11/h4-5,7,11,17H,3,6,8-9H2,1-2H3,(H,18,20)/t11-/m0/s1. The van der Waals surface area contributed by atoms with Gasteiger partial charge in [-0.15, -0.1) is 0 Å². The minimum Gasteiger partial charge on any atom is -0.350 e. The van der Waals surface area contributed by atoms with Gasteiger partial charge in [0.15, 0.2) is 0 Å². The Labute approximate surface area is 140 Å². The summed E-state index contributed by atoms with van der Waals surface area (Å²) in [6.07, 6.45) is 0.876. The van der Waals surface area contributed by atoms with Crippen molar-refractivity contribution in [2.75, 3.05) is 20.1 Å². The molecule has 0 spiro atoms. The zero-order chi connectivity index (χ0) is 17.9. The lowest BCUT2D eigenvalue weighted by Gasteiger charge is -2.30. The van der Waals surface area contributed by atoms with Crippen LogP contribution in [0.1, 0.15) is 18.4 Å². The van der Waals surface area contributed by atoms with Gasteiger partial charge in [-0.1, -0.05) is 0 Å². The second-order valence-electron chi connectivity index (χ2n) is 5.81. The third-order valence-electron chi connectivity index (χ3n) is 3.85. The monoisotopic (exact) mass is 357 g/mol. The van der Waals surface area contributed by atoms with E-state index in [0.29, 0.717) is 19.4 Å². The Balaban J connectivity index is 1.90. The number of carbonyl (C=O) groups excluding carboxylic acids is 2. The largest absolute Gasteiger partial charge is 0.350 e. The molecule has 24 heavy (non-hydrogen) atoms. The Bertz CT molecular complexity index is 751. The Kier molecular flexibility index (Phi) is 5.55. The first-order chi connectivity index (χ1) is 11.2. The van der Waals surface area contributed by atoms with Gasteiger partial charge in [0.25, 0.3) is 0 Å². The maximum absolute atomic E-state index is 13.2. The fourth-order valence-corrected chi connectivity index (χ4v) is 3.50. The third kappa shape index (κ3) is 4.51. The molecule has 1 atom stereocenters. The summed E-state index contributed by atoms with van der Waals surface area (Å²) in [6.45, 7) is 1.43. The highest BCUT2D eigenvalue weighted by Gasteiger charge is 2.24. The van der Waals surface area contributed by atoms with E-state index >= 15 is 0 Å². The number of halogens is 1. The number of rotatable bonds is 5. The molecule has 132 valence electrons. The topological polar surface area (TPSA) is 95.6 Å². The minimum atomic E-state index is -3.90. The fourth-order valence-electron chi connectivity index (χ4n) is 2.44. The molecule has 2 rings (SSSR count). The lowest BCUT2D eigenvalue weighted by Crippen LogP contribution is -2.50. The molecule has 1 aliphatic heterocycles. The molecule has 9 heteroatoms. The molecular formula is C15H20FN3O4S. The average Bonchev–Trinajstić information content (AvgIpc) is 2.52. The summed E-state index contributed by atoms with van der Waals surface area (Å²) < 4.78 is 39.6. The smallest absolute Gasteiger partial charge is 0.241 e. The summed E-state index contributed by atoms with van der Waals surface area (Å²) in [5.41, 5.74) is 0.206. The summed E-state index contributed by atoms with van der Waals surface area (Å²) in [5.74, 6) is -0.958. The number of hydrogen-bond acceptors (Lipinski definition) is 4. The molecule has 2 N–H and O–H groups in total. The van der Waals surface area contributed by atoms with Gasteiger partial charge in [0, 0.05) is 26.1 Å². The van der Waals surface area contributed by atoms with Crippen molar-refractivity contribution in [3.8, 4) is 0 Å². The number of piperidine rings is 1. The van der Waals surface area contributed by atoms with Gasteiger partial charge in [-0.3, -0.25) is 9.59 Å². The Morgan fingerprint density at radius 3 is 2.75 bits per heavy atom. The van der Waals surface area contributed by atoms with Gasteiger partial charge in [0.1, 0.15) is 5.82 Å². The zero-order valence-corrected chi connectivity index (χ0v) is 14.3. The fraction of sp³-hybridized carbons (Fsp3) is 0.467. The number of sulfonamides is 1. The Hall–Kier alpha value is -2.00. The highest BCUT2D eigenvalue weighted by atomic mass is 32.2. The molecule has 1 aromatic rings. The molecule has 0 radical (unpaired) electrons. The summed E-state index contributed by atoms with van der Waals surface area (Å²) >= 11 is 0. The molecule has 0 bridgehead atoms. The Morgan fingerprint density at radius 2 is 2.12 bits per heavy atom. The van der Waals surface area contributed by atoms with Crippen LogP contribution in [0.25, 0.3) is 0 Å². The van der Waals surface area contributed by atoms with E-state index < -0.39 is 28.3 Å². The van der Waals surface area contributed by atoms with Gasteiger partial charge in [-0.05, 0) is 37.1 Å². The lowest BCUT2D eigenvalue weighted by atomic mass is 10.1. The molecule has 1 fully saturated rings. The molecule has 2 amide bonds. The normalized spacial score (nSPS) is 18.5. The number of likely N-dealkylation sites (tertiary alicyclic amines) is 1. The van der Waals surface area contributed by atoms with Crippen LogP contribution in [0.3, 0.4) is 0 Å². The van der Waals surface area contributed by atoms with Crippen LogP contribution in [0.5, 0.6) is 0 Å². The number of likely N-dealkylation sites (N-methyl/N-ethyl adjacent to an activating group) is 1. The van der Waals surface area contributed by atoms with E-state index in [1.165, 1.54) is 17.9 Å². The van der Waals surface area contributed by atoms with Crippen molar-refractivity contribution in [3.63, 3.8) is 0 Å². The molecule has 1 aromatic carbocycles. The number of nitrogens with zero attached hydrogens (tertiary/aromatic N) is 1. The molecule has 0 aromatic heterocycles. The SMILES string of the molecule is Cc1cc(S(=O)(=O)NCC(=O)N[C@H]2CCC(=O)N(C)C2)ccc1F. The first-order valence-electron chi connectivity index (χ1n) is 7.48. The number of carbonyl (C=O) groups is 2. The predicted octanol–water partition coefficient (Wildman–Crippen LogP) is 0.149. The van der Waals surface area contributed by atoms with Crippen LogP contribution in [-0.2, 0) is 19.6 Å². The highest BCUT2D eigenvalue weighted by Crippen LogP contribution is 2.14. The van der Waals surface area contributed by atoms with Gasteiger partial charge in [-0.25, -0.2) is 17.5 Å². The van der Waals surface area contributed by atoms with Crippen LogP contribution < -0.4 is 10.0 Å². The number of aryl methyl sites for hydroxylation is 1. The van der Waals surface area contributed by atoms with Gasteiger partial charge in [0.05, 0.1) is 11.4 Å².